The molecule has 1 saturated carbocycles. The van der Waals surface area contributed by atoms with E-state index in [1.54, 1.807) is 12.1 Å². The second-order valence-electron chi connectivity index (χ2n) is 6.34. The van der Waals surface area contributed by atoms with Crippen LogP contribution in [0.1, 0.15) is 36.0 Å². The summed E-state index contributed by atoms with van der Waals surface area (Å²) < 4.78 is 29.6. The zero-order valence-electron chi connectivity index (χ0n) is 14.4. The van der Waals surface area contributed by atoms with Gasteiger partial charge in [-0.3, -0.25) is 14.3 Å². The normalized spacial score (nSPS) is 20.6. The molecule has 1 amide bonds. The Morgan fingerprint density at radius 2 is 1.80 bits per heavy atom. The second kappa shape index (κ2) is 8.33. The van der Waals surface area contributed by atoms with Crippen LogP contribution >= 0.6 is 0 Å². The first-order chi connectivity index (χ1) is 11.8. The Kier molecular flexibility index (Phi) is 6.41. The Hall–Kier alpha value is -2.09. The lowest BCUT2D eigenvalue weighted by Gasteiger charge is -2.29. The van der Waals surface area contributed by atoms with Crippen LogP contribution in [0.4, 0.5) is 5.69 Å². The summed E-state index contributed by atoms with van der Waals surface area (Å²) in [6.07, 6.45) is 4.78. The molecule has 1 aromatic rings. The van der Waals surface area contributed by atoms with E-state index in [4.69, 9.17) is 4.74 Å². The fourth-order valence-corrected chi connectivity index (χ4v) is 3.71. The van der Waals surface area contributed by atoms with Crippen molar-refractivity contribution in [1.29, 1.82) is 0 Å². The molecule has 0 radical (unpaired) electrons. The number of amides is 1. The van der Waals surface area contributed by atoms with Crippen molar-refractivity contribution in [3.63, 3.8) is 0 Å². The molecule has 7 nitrogen and oxygen atoms in total. The van der Waals surface area contributed by atoms with Gasteiger partial charge in [0, 0.05) is 17.8 Å². The third-order valence-corrected chi connectivity index (χ3v) is 4.99. The average molecular weight is 368 g/mol. The SMILES string of the molecule is COC(=O)C1CCCCC1CNC(=O)c1ccc(NS(C)(=O)=O)cc1. The molecule has 0 saturated heterocycles. The molecule has 138 valence electrons. The summed E-state index contributed by atoms with van der Waals surface area (Å²) in [5.41, 5.74) is 0.835. The van der Waals surface area contributed by atoms with Crippen LogP contribution in [0.5, 0.6) is 0 Å². The van der Waals surface area contributed by atoms with Gasteiger partial charge in [-0.1, -0.05) is 12.8 Å². The summed E-state index contributed by atoms with van der Waals surface area (Å²) in [6, 6.07) is 6.19. The Morgan fingerprint density at radius 1 is 1.16 bits per heavy atom. The fourth-order valence-electron chi connectivity index (χ4n) is 3.14. The van der Waals surface area contributed by atoms with Gasteiger partial charge in [0.1, 0.15) is 0 Å². The van der Waals surface area contributed by atoms with Crippen molar-refractivity contribution < 1.29 is 22.7 Å². The minimum atomic E-state index is -3.35. The molecule has 2 rings (SSSR count). The molecule has 0 bridgehead atoms. The maximum absolute atomic E-state index is 12.3. The van der Waals surface area contributed by atoms with E-state index in [-0.39, 0.29) is 23.7 Å². The highest BCUT2D eigenvalue weighted by Gasteiger charge is 2.31. The monoisotopic (exact) mass is 368 g/mol. The van der Waals surface area contributed by atoms with Crippen LogP contribution in [0.25, 0.3) is 0 Å². The largest absolute Gasteiger partial charge is 0.469 e. The Morgan fingerprint density at radius 3 is 2.40 bits per heavy atom. The highest BCUT2D eigenvalue weighted by atomic mass is 32.2. The number of esters is 1. The highest BCUT2D eigenvalue weighted by molar-refractivity contribution is 7.92. The first-order valence-electron chi connectivity index (χ1n) is 8.24. The van der Waals surface area contributed by atoms with E-state index in [0.717, 1.165) is 31.9 Å². The average Bonchev–Trinajstić information content (AvgIpc) is 2.58. The van der Waals surface area contributed by atoms with E-state index in [1.807, 2.05) is 0 Å². The fraction of sp³-hybridized carbons (Fsp3) is 0.529. The molecule has 1 aliphatic rings. The molecule has 0 spiro atoms. The number of carbonyl (C=O) groups is 2. The Bertz CT molecular complexity index is 715. The van der Waals surface area contributed by atoms with Gasteiger partial charge in [-0.25, -0.2) is 8.42 Å². The van der Waals surface area contributed by atoms with E-state index in [0.29, 0.717) is 17.8 Å². The molecule has 8 heteroatoms. The topological polar surface area (TPSA) is 102 Å². The van der Waals surface area contributed by atoms with E-state index >= 15 is 0 Å². The first-order valence-corrected chi connectivity index (χ1v) is 10.1. The lowest BCUT2D eigenvalue weighted by molar-refractivity contribution is -0.148. The van der Waals surface area contributed by atoms with Gasteiger partial charge in [-0.05, 0) is 43.0 Å². The number of hydrogen-bond acceptors (Lipinski definition) is 5. The summed E-state index contributed by atoms with van der Waals surface area (Å²) >= 11 is 0. The zero-order valence-corrected chi connectivity index (χ0v) is 15.3. The standard InChI is InChI=1S/C17H24N2O5S/c1-24-17(21)15-6-4-3-5-13(15)11-18-16(20)12-7-9-14(10-8-12)19-25(2,22)23/h7-10,13,15,19H,3-6,11H2,1-2H3,(H,18,20). The number of rotatable bonds is 6. The van der Waals surface area contributed by atoms with Gasteiger partial charge in [0.15, 0.2) is 0 Å². The van der Waals surface area contributed by atoms with Crippen molar-refractivity contribution in [2.75, 3.05) is 24.6 Å². The molecular formula is C17H24N2O5S. The van der Waals surface area contributed by atoms with Gasteiger partial charge in [0.2, 0.25) is 10.0 Å². The highest BCUT2D eigenvalue weighted by Crippen LogP contribution is 2.30. The summed E-state index contributed by atoms with van der Waals surface area (Å²) in [5.74, 6) is -0.549. The lowest BCUT2D eigenvalue weighted by Crippen LogP contribution is -2.37. The molecule has 2 N–H and O–H groups in total. The Balaban J connectivity index is 1.94. The number of sulfonamides is 1. The molecule has 0 aliphatic heterocycles. The quantitative estimate of drug-likeness (QED) is 0.745. The third kappa shape index (κ3) is 5.74. The molecular weight excluding hydrogens is 344 g/mol. The van der Waals surface area contributed by atoms with Crippen LogP contribution in [0.2, 0.25) is 0 Å². The number of anilines is 1. The van der Waals surface area contributed by atoms with Gasteiger partial charge < -0.3 is 10.1 Å². The van der Waals surface area contributed by atoms with Crippen molar-refractivity contribution >= 4 is 27.6 Å². The van der Waals surface area contributed by atoms with Crippen molar-refractivity contribution in [1.82, 2.24) is 5.32 Å². The van der Waals surface area contributed by atoms with E-state index in [1.165, 1.54) is 19.2 Å². The van der Waals surface area contributed by atoms with Crippen LogP contribution < -0.4 is 10.0 Å². The lowest BCUT2D eigenvalue weighted by atomic mass is 9.79. The molecule has 0 heterocycles. The summed E-state index contributed by atoms with van der Waals surface area (Å²) in [6.45, 7) is 0.419. The number of nitrogens with one attached hydrogen (secondary N) is 2. The van der Waals surface area contributed by atoms with Gasteiger partial charge in [0.25, 0.3) is 5.91 Å². The molecule has 2 atom stereocenters. The van der Waals surface area contributed by atoms with Crippen molar-refractivity contribution in [2.24, 2.45) is 11.8 Å². The summed E-state index contributed by atoms with van der Waals surface area (Å²) in [5, 5.41) is 2.86. The summed E-state index contributed by atoms with van der Waals surface area (Å²) in [7, 11) is -1.96. The predicted molar refractivity (Wildman–Crippen MR) is 94.7 cm³/mol. The molecule has 1 fully saturated rings. The van der Waals surface area contributed by atoms with Crippen molar-refractivity contribution in [3.05, 3.63) is 29.8 Å². The summed E-state index contributed by atoms with van der Waals surface area (Å²) in [4.78, 5) is 24.1. The molecule has 25 heavy (non-hydrogen) atoms. The Labute approximate surface area is 148 Å². The third-order valence-electron chi connectivity index (χ3n) is 4.39. The number of hydrogen-bond donors (Lipinski definition) is 2. The molecule has 1 aliphatic carbocycles. The van der Waals surface area contributed by atoms with E-state index < -0.39 is 10.0 Å². The zero-order chi connectivity index (χ0) is 18.4. The van der Waals surface area contributed by atoms with Crippen LogP contribution in [-0.4, -0.2) is 40.2 Å². The predicted octanol–water partition coefficient (Wildman–Crippen LogP) is 1.77. The van der Waals surface area contributed by atoms with E-state index in [2.05, 4.69) is 10.0 Å². The maximum atomic E-state index is 12.3. The van der Waals surface area contributed by atoms with Crippen molar-refractivity contribution in [3.8, 4) is 0 Å². The van der Waals surface area contributed by atoms with Gasteiger partial charge in [0.05, 0.1) is 19.3 Å². The van der Waals surface area contributed by atoms with Crippen LogP contribution in [0, 0.1) is 11.8 Å². The number of carbonyl (C=O) groups excluding carboxylic acids is 2. The van der Waals surface area contributed by atoms with Gasteiger partial charge >= 0.3 is 5.97 Å². The number of ether oxygens (including phenoxy) is 1. The molecule has 1 aromatic carbocycles. The smallest absolute Gasteiger partial charge is 0.309 e. The maximum Gasteiger partial charge on any atom is 0.309 e. The molecule has 2 unspecified atom stereocenters. The minimum Gasteiger partial charge on any atom is -0.469 e. The van der Waals surface area contributed by atoms with Gasteiger partial charge in [-0.15, -0.1) is 0 Å². The van der Waals surface area contributed by atoms with Crippen molar-refractivity contribution in [2.45, 2.75) is 25.7 Å². The van der Waals surface area contributed by atoms with Crippen LogP contribution in [-0.2, 0) is 19.6 Å². The number of benzene rings is 1. The van der Waals surface area contributed by atoms with Crippen LogP contribution in [0.15, 0.2) is 24.3 Å². The molecule has 0 aromatic heterocycles. The van der Waals surface area contributed by atoms with Gasteiger partial charge in [-0.2, -0.15) is 0 Å². The van der Waals surface area contributed by atoms with E-state index in [9.17, 15) is 18.0 Å². The number of methoxy groups -OCH3 is 1. The second-order valence-corrected chi connectivity index (χ2v) is 8.08. The van der Waals surface area contributed by atoms with Crippen LogP contribution in [0.3, 0.4) is 0 Å². The first kappa shape index (κ1) is 19.2. The minimum absolute atomic E-state index is 0.0799.